The summed E-state index contributed by atoms with van der Waals surface area (Å²) in [7, 11) is 0. The van der Waals surface area contributed by atoms with Gasteiger partial charge < -0.3 is 11.1 Å². The molecule has 80 valence electrons. The number of nitrogens with zero attached hydrogens (tertiary/aromatic N) is 1. The Hall–Kier alpha value is -1.43. The van der Waals surface area contributed by atoms with Crippen molar-refractivity contribution in [3.05, 3.63) is 17.6 Å². The molecule has 1 aromatic heterocycles. The minimum absolute atomic E-state index is 0.403. The average molecular weight is 229 g/mol. The Morgan fingerprint density at radius 1 is 1.47 bits per heavy atom. The highest BCUT2D eigenvalue weighted by molar-refractivity contribution is 7.16. The van der Waals surface area contributed by atoms with E-state index in [1.165, 1.54) is 11.3 Å². The van der Waals surface area contributed by atoms with Crippen LogP contribution in [0.3, 0.4) is 0 Å². The second-order valence-electron chi connectivity index (χ2n) is 3.00. The molecular formula is C9H9F2N3S. The number of aromatic nitrogens is 1. The molecule has 3 N–H and O–H groups in total. The van der Waals surface area contributed by atoms with Crippen LogP contribution in [0.25, 0.3) is 10.2 Å². The molecule has 0 amide bonds. The Kier molecular flexibility index (Phi) is 2.68. The average Bonchev–Trinajstić information content (AvgIpc) is 2.65. The lowest BCUT2D eigenvalue weighted by atomic mass is 10.2. The van der Waals surface area contributed by atoms with Crippen LogP contribution in [-0.4, -0.2) is 18.0 Å². The molecule has 0 aliphatic rings. The molecule has 0 atom stereocenters. The lowest BCUT2D eigenvalue weighted by Crippen LogP contribution is -2.11. The summed E-state index contributed by atoms with van der Waals surface area (Å²) in [6.07, 6.45) is -2.39. The monoisotopic (exact) mass is 229 g/mol. The number of thiazole rings is 1. The molecule has 6 heteroatoms. The number of halogens is 2. The van der Waals surface area contributed by atoms with Gasteiger partial charge in [0.05, 0.1) is 28.1 Å². The number of fused-ring (bicyclic) bond motifs is 1. The zero-order valence-electron chi connectivity index (χ0n) is 7.71. The molecule has 0 fully saturated rings. The molecule has 2 rings (SSSR count). The van der Waals surface area contributed by atoms with Crippen LogP contribution in [0.4, 0.5) is 20.2 Å². The maximum Gasteiger partial charge on any atom is 0.255 e. The molecule has 2 aromatic rings. The maximum atomic E-state index is 12.0. The van der Waals surface area contributed by atoms with Crippen molar-refractivity contribution in [3.63, 3.8) is 0 Å². The van der Waals surface area contributed by atoms with Crippen LogP contribution in [-0.2, 0) is 0 Å². The van der Waals surface area contributed by atoms with Crippen molar-refractivity contribution in [3.8, 4) is 0 Å². The van der Waals surface area contributed by atoms with Gasteiger partial charge in [0.1, 0.15) is 5.52 Å². The maximum absolute atomic E-state index is 12.0. The zero-order chi connectivity index (χ0) is 10.8. The number of rotatable bonds is 3. The first-order valence-corrected chi connectivity index (χ1v) is 5.20. The minimum atomic E-state index is -2.39. The number of anilines is 2. The highest BCUT2D eigenvalue weighted by atomic mass is 32.1. The molecule has 1 aromatic carbocycles. The van der Waals surface area contributed by atoms with E-state index in [4.69, 9.17) is 5.73 Å². The second kappa shape index (κ2) is 3.98. The van der Waals surface area contributed by atoms with Crippen molar-refractivity contribution >= 4 is 32.9 Å². The fourth-order valence-electron chi connectivity index (χ4n) is 1.29. The van der Waals surface area contributed by atoms with Gasteiger partial charge in [-0.3, -0.25) is 0 Å². The topological polar surface area (TPSA) is 50.9 Å². The van der Waals surface area contributed by atoms with Crippen molar-refractivity contribution < 1.29 is 8.78 Å². The second-order valence-corrected chi connectivity index (χ2v) is 3.88. The largest absolute Gasteiger partial charge is 0.395 e. The molecule has 3 nitrogen and oxygen atoms in total. The van der Waals surface area contributed by atoms with Crippen molar-refractivity contribution in [2.24, 2.45) is 0 Å². The van der Waals surface area contributed by atoms with Crippen LogP contribution >= 0.6 is 11.3 Å². The van der Waals surface area contributed by atoms with E-state index in [9.17, 15) is 8.78 Å². The molecule has 0 spiro atoms. The number of nitrogen functional groups attached to an aromatic ring is 1. The molecule has 15 heavy (non-hydrogen) atoms. The van der Waals surface area contributed by atoms with E-state index in [2.05, 4.69) is 10.3 Å². The summed E-state index contributed by atoms with van der Waals surface area (Å²) in [5, 5.41) is 2.58. The molecular weight excluding hydrogens is 220 g/mol. The number of nitrogens with two attached hydrogens (primary N) is 1. The molecule has 0 aliphatic carbocycles. The van der Waals surface area contributed by atoms with Gasteiger partial charge in [0, 0.05) is 0 Å². The van der Waals surface area contributed by atoms with Gasteiger partial charge in [0.2, 0.25) is 0 Å². The van der Waals surface area contributed by atoms with Crippen LogP contribution in [0.1, 0.15) is 0 Å². The predicted octanol–water partition coefficient (Wildman–Crippen LogP) is 2.56. The molecule has 0 saturated heterocycles. The van der Waals surface area contributed by atoms with Gasteiger partial charge in [-0.25, -0.2) is 13.8 Å². The SMILES string of the molecule is Nc1c(NCC(F)F)ccc2scnc12. The minimum Gasteiger partial charge on any atom is -0.395 e. The summed E-state index contributed by atoms with van der Waals surface area (Å²) in [6.45, 7) is -0.403. The van der Waals surface area contributed by atoms with Gasteiger partial charge in [-0.15, -0.1) is 11.3 Å². The predicted molar refractivity (Wildman–Crippen MR) is 58.5 cm³/mol. The summed E-state index contributed by atoms with van der Waals surface area (Å²) >= 11 is 1.47. The van der Waals surface area contributed by atoms with Crippen LogP contribution in [0.15, 0.2) is 17.6 Å². The number of alkyl halides is 2. The summed E-state index contributed by atoms with van der Waals surface area (Å²) in [5.41, 5.74) is 9.06. The first kappa shape index (κ1) is 10.1. The van der Waals surface area contributed by atoms with Gasteiger partial charge >= 0.3 is 0 Å². The fourth-order valence-corrected chi connectivity index (χ4v) is 1.99. The molecule has 0 unspecified atom stereocenters. The summed E-state index contributed by atoms with van der Waals surface area (Å²) in [4.78, 5) is 4.07. The first-order chi connectivity index (χ1) is 7.18. The highest BCUT2D eigenvalue weighted by Gasteiger charge is 2.08. The Bertz CT molecular complexity index is 469. The van der Waals surface area contributed by atoms with E-state index in [0.717, 1.165) is 4.70 Å². The third-order valence-electron chi connectivity index (χ3n) is 1.99. The van der Waals surface area contributed by atoms with Crippen LogP contribution in [0.5, 0.6) is 0 Å². The first-order valence-electron chi connectivity index (χ1n) is 4.32. The normalized spacial score (nSPS) is 11.1. The third kappa shape index (κ3) is 1.99. The Morgan fingerprint density at radius 2 is 2.27 bits per heavy atom. The summed E-state index contributed by atoms with van der Waals surface area (Å²) in [6, 6.07) is 3.51. The van der Waals surface area contributed by atoms with E-state index in [1.54, 1.807) is 11.6 Å². The van der Waals surface area contributed by atoms with Gasteiger partial charge in [-0.1, -0.05) is 0 Å². The van der Waals surface area contributed by atoms with Crippen LogP contribution < -0.4 is 11.1 Å². The van der Waals surface area contributed by atoms with Crippen LogP contribution in [0, 0.1) is 0 Å². The van der Waals surface area contributed by atoms with Crippen molar-refractivity contribution in [1.29, 1.82) is 0 Å². The molecule has 0 saturated carbocycles. The van der Waals surface area contributed by atoms with Gasteiger partial charge in [0.25, 0.3) is 6.43 Å². The third-order valence-corrected chi connectivity index (χ3v) is 2.78. The quantitative estimate of drug-likeness (QED) is 0.795. The number of hydrogen-bond donors (Lipinski definition) is 2. The lowest BCUT2D eigenvalue weighted by molar-refractivity contribution is 0.163. The van der Waals surface area contributed by atoms with E-state index < -0.39 is 13.0 Å². The van der Waals surface area contributed by atoms with Gasteiger partial charge in [0.15, 0.2) is 0 Å². The van der Waals surface area contributed by atoms with Crippen molar-refractivity contribution in [1.82, 2.24) is 4.98 Å². The van der Waals surface area contributed by atoms with Gasteiger partial charge in [-0.05, 0) is 12.1 Å². The Morgan fingerprint density at radius 3 is 3.00 bits per heavy atom. The van der Waals surface area contributed by atoms with Crippen molar-refractivity contribution in [2.45, 2.75) is 6.43 Å². The van der Waals surface area contributed by atoms with Gasteiger partial charge in [-0.2, -0.15) is 0 Å². The molecule has 0 aliphatic heterocycles. The van der Waals surface area contributed by atoms with E-state index >= 15 is 0 Å². The lowest BCUT2D eigenvalue weighted by Gasteiger charge is -2.08. The summed E-state index contributed by atoms with van der Waals surface area (Å²) in [5.74, 6) is 0. The van der Waals surface area contributed by atoms with Crippen molar-refractivity contribution in [2.75, 3.05) is 17.6 Å². The Labute approximate surface area is 88.9 Å². The number of benzene rings is 1. The van der Waals surface area contributed by atoms with E-state index in [-0.39, 0.29) is 0 Å². The Balaban J connectivity index is 2.31. The number of hydrogen-bond acceptors (Lipinski definition) is 4. The standard InChI is InChI=1S/C9H9F2N3S/c10-7(11)3-13-5-1-2-6-9(8(5)12)14-4-15-6/h1-2,4,7,13H,3,12H2. The van der Waals surface area contributed by atoms with Crippen LogP contribution in [0.2, 0.25) is 0 Å². The molecule has 0 bridgehead atoms. The summed E-state index contributed by atoms with van der Waals surface area (Å²) < 4.78 is 24.9. The smallest absolute Gasteiger partial charge is 0.255 e. The molecule has 0 radical (unpaired) electrons. The van der Waals surface area contributed by atoms with E-state index in [1.807, 2.05) is 6.07 Å². The highest BCUT2D eigenvalue weighted by Crippen LogP contribution is 2.29. The molecule has 1 heterocycles. The number of nitrogens with one attached hydrogen (secondary N) is 1. The fraction of sp³-hybridized carbons (Fsp3) is 0.222. The zero-order valence-corrected chi connectivity index (χ0v) is 8.52. The van der Waals surface area contributed by atoms with E-state index in [0.29, 0.717) is 16.9 Å².